The van der Waals surface area contributed by atoms with Gasteiger partial charge in [-0.15, -0.1) is 0 Å². The lowest BCUT2D eigenvalue weighted by Gasteiger charge is -2.44. The van der Waals surface area contributed by atoms with E-state index in [0.717, 1.165) is 0 Å². The topological polar surface area (TPSA) is 303 Å². The van der Waals surface area contributed by atoms with Crippen LogP contribution in [-0.4, -0.2) is 108 Å². The van der Waals surface area contributed by atoms with Crippen molar-refractivity contribution in [3.05, 3.63) is 0 Å². The molecule has 230 valence electrons. The van der Waals surface area contributed by atoms with Crippen LogP contribution in [0.5, 0.6) is 0 Å². The van der Waals surface area contributed by atoms with Crippen LogP contribution in [0.4, 0.5) is 0 Å². The summed E-state index contributed by atoms with van der Waals surface area (Å²) in [4.78, 5) is 69.8. The lowest BCUT2D eigenvalue weighted by molar-refractivity contribution is -0.213. The molecular formula is C17H33O19P3. The van der Waals surface area contributed by atoms with E-state index in [0.29, 0.717) is 12.8 Å². The number of carbonyl (C=O) groups excluding carboxylic acids is 2. The van der Waals surface area contributed by atoms with Gasteiger partial charge in [-0.1, -0.05) is 13.8 Å². The van der Waals surface area contributed by atoms with Crippen molar-refractivity contribution < 1.29 is 90.6 Å². The van der Waals surface area contributed by atoms with Gasteiger partial charge in [0.15, 0.2) is 6.10 Å². The van der Waals surface area contributed by atoms with Crippen molar-refractivity contribution in [3.63, 3.8) is 0 Å². The lowest BCUT2D eigenvalue weighted by atomic mass is 9.85. The zero-order chi connectivity index (χ0) is 30.2. The number of phosphoric acid groups is 3. The highest BCUT2D eigenvalue weighted by Gasteiger charge is 2.56. The van der Waals surface area contributed by atoms with E-state index in [9.17, 15) is 43.5 Å². The first kappa shape index (κ1) is 36.2. The lowest BCUT2D eigenvalue weighted by Crippen LogP contribution is -2.65. The van der Waals surface area contributed by atoms with Gasteiger partial charge in [0.1, 0.15) is 43.2 Å². The number of phosphoric ester groups is 3. The molecule has 22 heteroatoms. The third-order valence-corrected chi connectivity index (χ3v) is 6.87. The third kappa shape index (κ3) is 13.1. The summed E-state index contributed by atoms with van der Waals surface area (Å²) in [5, 5.41) is 31.0. The highest BCUT2D eigenvalue weighted by atomic mass is 31.2. The molecule has 1 aliphatic rings. The average Bonchev–Trinajstić information content (AvgIpc) is 2.78. The summed E-state index contributed by atoms with van der Waals surface area (Å²) in [6.45, 7) is 1.83. The maximum Gasteiger partial charge on any atom is 0.472 e. The maximum atomic E-state index is 12.6. The van der Waals surface area contributed by atoms with E-state index in [1.54, 1.807) is 13.8 Å². The minimum atomic E-state index is -5.51. The quantitative estimate of drug-likeness (QED) is 0.0714. The highest BCUT2D eigenvalue weighted by Crippen LogP contribution is 2.50. The van der Waals surface area contributed by atoms with Gasteiger partial charge in [-0.25, -0.2) is 13.7 Å². The zero-order valence-corrected chi connectivity index (χ0v) is 23.4. The molecule has 8 atom stereocenters. The van der Waals surface area contributed by atoms with Crippen molar-refractivity contribution in [3.8, 4) is 0 Å². The third-order valence-electron chi connectivity index (χ3n) is 4.85. The molecule has 0 aromatic rings. The Morgan fingerprint density at radius 3 is 1.51 bits per heavy atom. The van der Waals surface area contributed by atoms with Crippen LogP contribution < -0.4 is 0 Å². The van der Waals surface area contributed by atoms with E-state index < -0.39 is 91.3 Å². The molecule has 1 fully saturated rings. The minimum absolute atomic E-state index is 0.0249. The number of hydrogen-bond donors (Lipinski definition) is 8. The predicted molar refractivity (Wildman–Crippen MR) is 123 cm³/mol. The molecule has 0 heterocycles. The Balaban J connectivity index is 3.10. The summed E-state index contributed by atoms with van der Waals surface area (Å²) >= 11 is 0. The Kier molecular flexibility index (Phi) is 14.3. The van der Waals surface area contributed by atoms with Crippen LogP contribution >= 0.6 is 23.5 Å². The van der Waals surface area contributed by atoms with Crippen molar-refractivity contribution in [1.82, 2.24) is 0 Å². The standard InChI is InChI=1S/C17H33O19P3/c1-3-5-10(18)31-7-9(33-11(19)6-4-2)8-32-39(29,30)36-17-13(21)15(34-37(23,24)25)12(20)16(14(17)22)35-38(26,27)28/h9,12-17,20-22H,3-8H2,1-2H3,(H,29,30)(H2,23,24,25)(H2,26,27,28)/t9-,12?,13-,14-,15-,16+,17?/m1/s1. The van der Waals surface area contributed by atoms with Gasteiger partial charge in [-0.2, -0.15) is 0 Å². The summed E-state index contributed by atoms with van der Waals surface area (Å²) in [6.07, 6.45) is -15.5. The molecule has 0 radical (unpaired) electrons. The van der Waals surface area contributed by atoms with Crippen LogP contribution in [0.25, 0.3) is 0 Å². The van der Waals surface area contributed by atoms with Crippen molar-refractivity contribution in [2.75, 3.05) is 13.2 Å². The van der Waals surface area contributed by atoms with Crippen LogP contribution in [0.1, 0.15) is 39.5 Å². The van der Waals surface area contributed by atoms with E-state index in [2.05, 4.69) is 13.6 Å². The van der Waals surface area contributed by atoms with Gasteiger partial charge in [0.25, 0.3) is 0 Å². The molecule has 0 spiro atoms. The molecule has 8 N–H and O–H groups in total. The number of esters is 2. The predicted octanol–water partition coefficient (Wildman–Crippen LogP) is -1.40. The molecule has 39 heavy (non-hydrogen) atoms. The van der Waals surface area contributed by atoms with Gasteiger partial charge >= 0.3 is 35.4 Å². The van der Waals surface area contributed by atoms with Gasteiger partial charge in [0.05, 0.1) is 6.61 Å². The fraction of sp³-hybridized carbons (Fsp3) is 0.882. The fourth-order valence-electron chi connectivity index (χ4n) is 3.25. The Morgan fingerprint density at radius 1 is 0.692 bits per heavy atom. The van der Waals surface area contributed by atoms with Gasteiger partial charge in [-0.3, -0.25) is 27.7 Å². The molecule has 0 aromatic carbocycles. The average molecular weight is 634 g/mol. The van der Waals surface area contributed by atoms with Crippen LogP contribution in [0.3, 0.4) is 0 Å². The Bertz CT molecular complexity index is 910. The number of rotatable bonds is 16. The Hall–Kier alpha value is -0.850. The monoisotopic (exact) mass is 634 g/mol. The van der Waals surface area contributed by atoms with Crippen LogP contribution in [-0.2, 0) is 50.9 Å². The second kappa shape index (κ2) is 15.4. The molecule has 0 bridgehead atoms. The number of hydrogen-bond acceptors (Lipinski definition) is 14. The van der Waals surface area contributed by atoms with Gasteiger partial charge in [-0.05, 0) is 12.8 Å². The summed E-state index contributed by atoms with van der Waals surface area (Å²) in [7, 11) is -16.4. The van der Waals surface area contributed by atoms with Crippen LogP contribution in [0, 0.1) is 0 Å². The van der Waals surface area contributed by atoms with E-state index in [4.69, 9.17) is 33.6 Å². The number of carbonyl (C=O) groups is 2. The molecule has 0 amide bonds. The number of ether oxygens (including phenoxy) is 2. The molecule has 0 saturated heterocycles. The molecule has 19 nitrogen and oxygen atoms in total. The minimum Gasteiger partial charge on any atom is -0.462 e. The fourth-order valence-corrected chi connectivity index (χ4v) is 5.35. The molecule has 1 saturated carbocycles. The van der Waals surface area contributed by atoms with Gasteiger partial charge < -0.3 is 49.3 Å². The summed E-state index contributed by atoms with van der Waals surface area (Å²) < 4.78 is 62.8. The van der Waals surface area contributed by atoms with Crippen molar-refractivity contribution in [2.45, 2.75) is 82.3 Å². The summed E-state index contributed by atoms with van der Waals surface area (Å²) in [6, 6.07) is 0. The number of aliphatic hydroxyl groups is 3. The molecule has 3 unspecified atom stereocenters. The first-order valence-electron chi connectivity index (χ1n) is 11.3. The molecule has 1 rings (SSSR count). The molecule has 0 aromatic heterocycles. The molecule has 0 aliphatic heterocycles. The largest absolute Gasteiger partial charge is 0.472 e. The Morgan fingerprint density at radius 2 is 1.10 bits per heavy atom. The normalized spacial score (nSPS) is 28.4. The number of aliphatic hydroxyl groups excluding tert-OH is 3. The summed E-state index contributed by atoms with van der Waals surface area (Å²) in [5.41, 5.74) is 0. The second-order valence-electron chi connectivity index (χ2n) is 8.22. The van der Waals surface area contributed by atoms with Gasteiger partial charge in [0, 0.05) is 12.8 Å². The summed E-state index contributed by atoms with van der Waals surface area (Å²) in [5.74, 6) is -1.44. The SMILES string of the molecule is CCCC(=O)OC[C@H](COP(=O)(O)OC1[C@H](O)[C@H](OP(=O)(O)O)C(O)[C@H](OP(=O)(O)O)[C@H]1O)OC(=O)CCC. The maximum absolute atomic E-state index is 12.6. The van der Waals surface area contributed by atoms with E-state index in [1.165, 1.54) is 0 Å². The van der Waals surface area contributed by atoms with Crippen molar-refractivity contribution >= 4 is 35.4 Å². The first-order valence-corrected chi connectivity index (χ1v) is 15.9. The van der Waals surface area contributed by atoms with Crippen molar-refractivity contribution in [1.29, 1.82) is 0 Å². The van der Waals surface area contributed by atoms with E-state index in [1.807, 2.05) is 0 Å². The van der Waals surface area contributed by atoms with Gasteiger partial charge in [0.2, 0.25) is 0 Å². The zero-order valence-electron chi connectivity index (χ0n) is 20.7. The smallest absolute Gasteiger partial charge is 0.462 e. The van der Waals surface area contributed by atoms with Crippen LogP contribution in [0.2, 0.25) is 0 Å². The van der Waals surface area contributed by atoms with Crippen LogP contribution in [0.15, 0.2) is 0 Å². The Labute approximate surface area is 222 Å². The van der Waals surface area contributed by atoms with Crippen molar-refractivity contribution in [2.24, 2.45) is 0 Å². The second-order valence-corrected chi connectivity index (χ2v) is 12.0. The molecule has 1 aliphatic carbocycles. The first-order chi connectivity index (χ1) is 17.8. The highest BCUT2D eigenvalue weighted by molar-refractivity contribution is 7.47. The van der Waals surface area contributed by atoms with E-state index >= 15 is 0 Å². The molecular weight excluding hydrogens is 601 g/mol. The van der Waals surface area contributed by atoms with E-state index in [-0.39, 0.29) is 12.8 Å².